The molecule has 0 bridgehead atoms. The fraction of sp³-hybridized carbons (Fsp3) is 0.429. The number of anilines is 1. The molecule has 10 heteroatoms. The molecular weight excluding hydrogens is 494 g/mol. The summed E-state index contributed by atoms with van der Waals surface area (Å²) < 4.78 is 25.9. The van der Waals surface area contributed by atoms with Gasteiger partial charge in [0.1, 0.15) is 6.04 Å². The van der Waals surface area contributed by atoms with Crippen molar-refractivity contribution in [3.05, 3.63) is 64.2 Å². The van der Waals surface area contributed by atoms with Gasteiger partial charge in [0.25, 0.3) is 11.8 Å². The molecule has 2 aromatic carbocycles. The summed E-state index contributed by atoms with van der Waals surface area (Å²) in [6, 6.07) is 10.1. The van der Waals surface area contributed by atoms with Crippen molar-refractivity contribution in [1.29, 1.82) is 0 Å². The molecule has 0 aliphatic carbocycles. The molecule has 38 heavy (non-hydrogen) atoms. The Kier molecular flexibility index (Phi) is 7.25. The number of nitrogens with one attached hydrogen (secondary N) is 2. The van der Waals surface area contributed by atoms with Crippen LogP contribution < -0.4 is 10.6 Å². The zero-order valence-corrected chi connectivity index (χ0v) is 21.1. The third-order valence-corrected chi connectivity index (χ3v) is 7.74. The van der Waals surface area contributed by atoms with Crippen LogP contribution in [0.1, 0.15) is 63.1 Å². The minimum Gasteiger partial charge on any atom is -0.380 e. The minimum absolute atomic E-state index is 0.0677. The predicted molar refractivity (Wildman–Crippen MR) is 136 cm³/mol. The molecule has 5 rings (SSSR count). The summed E-state index contributed by atoms with van der Waals surface area (Å²) in [4.78, 5) is 53.3. The zero-order chi connectivity index (χ0) is 27.0. The quantitative estimate of drug-likeness (QED) is 0.538. The topological polar surface area (TPSA) is 98.8 Å². The van der Waals surface area contributed by atoms with Crippen LogP contribution >= 0.6 is 0 Å². The lowest BCUT2D eigenvalue weighted by molar-refractivity contribution is -0.136. The van der Waals surface area contributed by atoms with Gasteiger partial charge in [-0.3, -0.25) is 34.3 Å². The number of halogens is 2. The van der Waals surface area contributed by atoms with Gasteiger partial charge in [0, 0.05) is 31.1 Å². The normalized spacial score (nSPS) is 20.7. The van der Waals surface area contributed by atoms with E-state index in [-0.39, 0.29) is 24.0 Å². The van der Waals surface area contributed by atoms with Crippen LogP contribution in [0.25, 0.3) is 0 Å². The molecule has 1 atom stereocenters. The maximum Gasteiger partial charge on any atom is 0.264 e. The number of carbonyl (C=O) groups excluding carboxylic acids is 4. The molecule has 0 radical (unpaired) electrons. The monoisotopic (exact) mass is 524 g/mol. The predicted octanol–water partition coefficient (Wildman–Crippen LogP) is 3.49. The van der Waals surface area contributed by atoms with Gasteiger partial charge < -0.3 is 5.32 Å². The van der Waals surface area contributed by atoms with Crippen LogP contribution in [0.4, 0.5) is 14.5 Å². The van der Waals surface area contributed by atoms with E-state index in [4.69, 9.17) is 0 Å². The summed E-state index contributed by atoms with van der Waals surface area (Å²) in [6.07, 6.45) is -1.04. The molecule has 1 unspecified atom stereocenters. The standard InChI is InChI=1S/C28H30F2N4O4/c1-16-13-17(5-6-19(16)15-33-11-9-18(10-12-33)25(29)30)14-31-21-4-2-3-20-24(21)28(38)34(27(20)37)22-7-8-23(35)32-26(22)36/h2-6,13,18,22,25,31H,7-12,14-15H2,1H3,(H,32,35,36). The smallest absolute Gasteiger partial charge is 0.264 e. The Morgan fingerprint density at radius 1 is 1.03 bits per heavy atom. The Hall–Kier alpha value is -3.66. The highest BCUT2D eigenvalue weighted by Crippen LogP contribution is 2.33. The lowest BCUT2D eigenvalue weighted by atomic mass is 9.96. The fourth-order valence-electron chi connectivity index (χ4n) is 5.51. The van der Waals surface area contributed by atoms with E-state index in [1.165, 1.54) is 0 Å². The summed E-state index contributed by atoms with van der Waals surface area (Å²) in [6.45, 7) is 4.48. The number of nitrogens with zero attached hydrogens (tertiary/aromatic N) is 2. The Bertz CT molecular complexity index is 1290. The highest BCUT2D eigenvalue weighted by atomic mass is 19.3. The number of piperidine rings is 2. The molecule has 200 valence electrons. The molecule has 0 saturated carbocycles. The number of fused-ring (bicyclic) bond motifs is 1. The van der Waals surface area contributed by atoms with Gasteiger partial charge in [0.05, 0.1) is 11.1 Å². The highest BCUT2D eigenvalue weighted by Gasteiger charge is 2.45. The zero-order valence-electron chi connectivity index (χ0n) is 21.1. The van der Waals surface area contributed by atoms with Crippen molar-refractivity contribution in [2.75, 3.05) is 18.4 Å². The first-order chi connectivity index (χ1) is 18.2. The number of hydrogen-bond acceptors (Lipinski definition) is 6. The van der Waals surface area contributed by atoms with Crippen LogP contribution in [-0.2, 0) is 22.7 Å². The van der Waals surface area contributed by atoms with E-state index in [9.17, 15) is 28.0 Å². The number of aryl methyl sites for hydroxylation is 1. The fourth-order valence-corrected chi connectivity index (χ4v) is 5.51. The first-order valence-corrected chi connectivity index (χ1v) is 12.9. The van der Waals surface area contributed by atoms with Gasteiger partial charge in [-0.15, -0.1) is 0 Å². The van der Waals surface area contributed by atoms with E-state index in [0.29, 0.717) is 44.7 Å². The molecular formula is C28H30F2N4O4. The Morgan fingerprint density at radius 2 is 1.79 bits per heavy atom. The number of imide groups is 2. The van der Waals surface area contributed by atoms with Crippen LogP contribution in [0.3, 0.4) is 0 Å². The van der Waals surface area contributed by atoms with Gasteiger partial charge in [-0.25, -0.2) is 8.78 Å². The second-order valence-electron chi connectivity index (χ2n) is 10.2. The Labute approximate surface area is 219 Å². The summed E-state index contributed by atoms with van der Waals surface area (Å²) in [7, 11) is 0. The van der Waals surface area contributed by atoms with Gasteiger partial charge in [0.15, 0.2) is 0 Å². The molecule has 0 aromatic heterocycles. The van der Waals surface area contributed by atoms with E-state index in [1.54, 1.807) is 18.2 Å². The van der Waals surface area contributed by atoms with E-state index in [2.05, 4.69) is 21.6 Å². The molecule has 0 spiro atoms. The van der Waals surface area contributed by atoms with Crippen LogP contribution in [-0.4, -0.2) is 59.0 Å². The largest absolute Gasteiger partial charge is 0.380 e. The van der Waals surface area contributed by atoms with E-state index >= 15 is 0 Å². The maximum atomic E-state index is 13.3. The molecule has 8 nitrogen and oxygen atoms in total. The highest BCUT2D eigenvalue weighted by molar-refractivity contribution is 6.25. The Morgan fingerprint density at radius 3 is 2.47 bits per heavy atom. The first-order valence-electron chi connectivity index (χ1n) is 12.9. The van der Waals surface area contributed by atoms with Crippen LogP contribution in [0.5, 0.6) is 0 Å². The Balaban J connectivity index is 1.25. The van der Waals surface area contributed by atoms with Crippen molar-refractivity contribution in [3.63, 3.8) is 0 Å². The van der Waals surface area contributed by atoms with E-state index in [1.807, 2.05) is 19.1 Å². The average Bonchev–Trinajstić information content (AvgIpc) is 3.15. The van der Waals surface area contributed by atoms with Crippen LogP contribution in [0.2, 0.25) is 0 Å². The lowest BCUT2D eigenvalue weighted by Crippen LogP contribution is -2.54. The minimum atomic E-state index is -2.24. The van der Waals surface area contributed by atoms with Gasteiger partial charge in [0.2, 0.25) is 18.2 Å². The molecule has 3 aliphatic rings. The van der Waals surface area contributed by atoms with Crippen molar-refractivity contribution in [2.24, 2.45) is 5.92 Å². The number of alkyl halides is 2. The molecule has 2 saturated heterocycles. The summed E-state index contributed by atoms with van der Waals surface area (Å²) in [5.74, 6) is -2.65. The summed E-state index contributed by atoms with van der Waals surface area (Å²) >= 11 is 0. The first kappa shape index (κ1) is 26.0. The third-order valence-electron chi connectivity index (χ3n) is 7.74. The lowest BCUT2D eigenvalue weighted by Gasteiger charge is -2.31. The average molecular weight is 525 g/mol. The van der Waals surface area contributed by atoms with Crippen molar-refractivity contribution < 1.29 is 28.0 Å². The number of amides is 4. The van der Waals surface area contributed by atoms with Gasteiger partial charge in [-0.1, -0.05) is 24.3 Å². The van der Waals surface area contributed by atoms with Crippen LogP contribution in [0, 0.1) is 12.8 Å². The second-order valence-corrected chi connectivity index (χ2v) is 10.2. The maximum absolute atomic E-state index is 13.3. The molecule has 3 aliphatic heterocycles. The van der Waals surface area contributed by atoms with Crippen molar-refractivity contribution in [3.8, 4) is 0 Å². The molecule has 3 heterocycles. The number of carbonyl (C=O) groups is 4. The van der Waals surface area contributed by atoms with Crippen molar-refractivity contribution in [1.82, 2.24) is 15.1 Å². The van der Waals surface area contributed by atoms with Gasteiger partial charge >= 0.3 is 0 Å². The van der Waals surface area contributed by atoms with Gasteiger partial charge in [-0.05, 0) is 68.1 Å². The molecule has 2 aromatic rings. The molecule has 2 N–H and O–H groups in total. The number of benzene rings is 2. The number of hydrogen-bond donors (Lipinski definition) is 2. The summed E-state index contributed by atoms with van der Waals surface area (Å²) in [5.41, 5.74) is 4.17. The van der Waals surface area contributed by atoms with E-state index < -0.39 is 42.0 Å². The number of rotatable bonds is 7. The number of likely N-dealkylation sites (tertiary alicyclic amines) is 1. The third kappa shape index (κ3) is 5.05. The second kappa shape index (κ2) is 10.6. The van der Waals surface area contributed by atoms with Crippen molar-refractivity contribution >= 4 is 29.3 Å². The van der Waals surface area contributed by atoms with Crippen LogP contribution in [0.15, 0.2) is 36.4 Å². The van der Waals surface area contributed by atoms with Crippen molar-refractivity contribution in [2.45, 2.75) is 58.2 Å². The molecule has 2 fully saturated rings. The van der Waals surface area contributed by atoms with Gasteiger partial charge in [-0.2, -0.15) is 0 Å². The summed E-state index contributed by atoms with van der Waals surface area (Å²) in [5, 5.41) is 5.47. The molecule has 4 amide bonds. The SMILES string of the molecule is Cc1cc(CNc2cccc3c2C(=O)N(C2CCC(=O)NC2=O)C3=O)ccc1CN1CCC(C(F)F)CC1. The van der Waals surface area contributed by atoms with E-state index in [0.717, 1.165) is 21.6 Å².